The van der Waals surface area contributed by atoms with E-state index in [1.807, 2.05) is 31.2 Å². The summed E-state index contributed by atoms with van der Waals surface area (Å²) in [6.45, 7) is 3.41. The third kappa shape index (κ3) is 4.12. The average Bonchev–Trinajstić information content (AvgIpc) is 2.57. The first-order valence-electron chi connectivity index (χ1n) is 8.63. The Hall–Kier alpha value is -2.53. The quantitative estimate of drug-likeness (QED) is 0.704. The molecule has 1 saturated heterocycles. The topological polar surface area (TPSA) is 78.6 Å². The number of hydrogen-bond acceptors (Lipinski definition) is 4. The number of nitrogen functional groups attached to an aromatic ring is 1. The maximum Gasteiger partial charge on any atom is 0.245 e. The van der Waals surface area contributed by atoms with E-state index in [0.717, 1.165) is 11.3 Å². The number of para-hydroxylation sites is 2. The van der Waals surface area contributed by atoms with Gasteiger partial charge in [-0.1, -0.05) is 42.0 Å². The molecule has 132 valence electrons. The van der Waals surface area contributed by atoms with Crippen LogP contribution in [0, 0.1) is 12.8 Å². The SMILES string of the molecule is Cc1ccc(C[C@H](Nc2ccccc2N)C(=O)N2CC(CO)C2)cc1. The molecule has 3 rings (SSSR count). The minimum absolute atomic E-state index is 0.0496. The van der Waals surface area contributed by atoms with Crippen molar-refractivity contribution >= 4 is 17.3 Å². The number of aliphatic hydroxyl groups excluding tert-OH is 1. The van der Waals surface area contributed by atoms with Crippen molar-refractivity contribution in [3.8, 4) is 0 Å². The Labute approximate surface area is 148 Å². The summed E-state index contributed by atoms with van der Waals surface area (Å²) in [4.78, 5) is 14.7. The maximum atomic E-state index is 12.9. The smallest absolute Gasteiger partial charge is 0.245 e. The molecule has 25 heavy (non-hydrogen) atoms. The monoisotopic (exact) mass is 339 g/mol. The fourth-order valence-corrected chi connectivity index (χ4v) is 3.06. The third-order valence-corrected chi connectivity index (χ3v) is 4.68. The lowest BCUT2D eigenvalue weighted by Gasteiger charge is -2.40. The van der Waals surface area contributed by atoms with Crippen LogP contribution in [0.5, 0.6) is 0 Å². The van der Waals surface area contributed by atoms with Crippen LogP contribution in [0.3, 0.4) is 0 Å². The van der Waals surface area contributed by atoms with Gasteiger partial charge >= 0.3 is 0 Å². The second-order valence-electron chi connectivity index (χ2n) is 6.77. The standard InChI is InChI=1S/C20H25N3O2/c1-14-6-8-15(9-7-14)10-19(20(25)23-11-16(12-23)13-24)22-18-5-3-2-4-17(18)21/h2-9,16,19,22,24H,10-13,21H2,1H3/t19-/m0/s1. The highest BCUT2D eigenvalue weighted by atomic mass is 16.3. The highest BCUT2D eigenvalue weighted by Gasteiger charge is 2.34. The Morgan fingerprint density at radius 1 is 1.24 bits per heavy atom. The molecular weight excluding hydrogens is 314 g/mol. The molecule has 1 fully saturated rings. The minimum atomic E-state index is -0.382. The molecule has 1 aliphatic rings. The number of nitrogens with two attached hydrogens (primary N) is 1. The van der Waals surface area contributed by atoms with Gasteiger partial charge in [-0.2, -0.15) is 0 Å². The molecule has 2 aromatic rings. The summed E-state index contributed by atoms with van der Waals surface area (Å²) in [5.74, 6) is 0.249. The fourth-order valence-electron chi connectivity index (χ4n) is 3.06. The molecular formula is C20H25N3O2. The van der Waals surface area contributed by atoms with E-state index in [4.69, 9.17) is 5.73 Å². The predicted molar refractivity (Wildman–Crippen MR) is 100 cm³/mol. The van der Waals surface area contributed by atoms with E-state index in [9.17, 15) is 9.90 Å². The summed E-state index contributed by atoms with van der Waals surface area (Å²) in [7, 11) is 0. The molecule has 0 aromatic heterocycles. The number of aryl methyl sites for hydroxylation is 1. The maximum absolute atomic E-state index is 12.9. The number of aliphatic hydroxyl groups is 1. The number of amides is 1. The zero-order chi connectivity index (χ0) is 17.8. The predicted octanol–water partition coefficient (Wildman–Crippen LogP) is 2.05. The highest BCUT2D eigenvalue weighted by Crippen LogP contribution is 2.22. The lowest BCUT2D eigenvalue weighted by atomic mass is 9.97. The number of carbonyl (C=O) groups excluding carboxylic acids is 1. The van der Waals surface area contributed by atoms with E-state index >= 15 is 0 Å². The Morgan fingerprint density at radius 2 is 1.92 bits per heavy atom. The van der Waals surface area contributed by atoms with E-state index in [-0.39, 0.29) is 24.5 Å². The van der Waals surface area contributed by atoms with Crippen LogP contribution < -0.4 is 11.1 Å². The number of rotatable bonds is 6. The van der Waals surface area contributed by atoms with Crippen LogP contribution >= 0.6 is 0 Å². The Morgan fingerprint density at radius 3 is 2.56 bits per heavy atom. The number of likely N-dealkylation sites (tertiary alicyclic amines) is 1. The summed E-state index contributed by atoms with van der Waals surface area (Å²) in [6, 6.07) is 15.3. The number of benzene rings is 2. The van der Waals surface area contributed by atoms with Crippen LogP contribution in [0.1, 0.15) is 11.1 Å². The molecule has 0 spiro atoms. The van der Waals surface area contributed by atoms with Gasteiger partial charge in [-0.15, -0.1) is 0 Å². The lowest BCUT2D eigenvalue weighted by molar-refractivity contribution is -0.139. The molecule has 5 nitrogen and oxygen atoms in total. The van der Waals surface area contributed by atoms with Gasteiger partial charge in [0.25, 0.3) is 0 Å². The number of carbonyl (C=O) groups is 1. The van der Waals surface area contributed by atoms with E-state index in [2.05, 4.69) is 29.6 Å². The average molecular weight is 339 g/mol. The first kappa shape index (κ1) is 17.3. The van der Waals surface area contributed by atoms with Gasteiger partial charge in [-0.3, -0.25) is 4.79 Å². The van der Waals surface area contributed by atoms with E-state index in [1.54, 1.807) is 4.90 Å². The van der Waals surface area contributed by atoms with Crippen molar-refractivity contribution in [2.24, 2.45) is 5.92 Å². The van der Waals surface area contributed by atoms with E-state index in [0.29, 0.717) is 25.2 Å². The third-order valence-electron chi connectivity index (χ3n) is 4.68. The molecule has 0 aliphatic carbocycles. The molecule has 0 unspecified atom stereocenters. The molecule has 0 saturated carbocycles. The summed E-state index contributed by atoms with van der Waals surface area (Å²) in [5.41, 5.74) is 9.72. The zero-order valence-corrected chi connectivity index (χ0v) is 14.5. The largest absolute Gasteiger partial charge is 0.397 e. The van der Waals surface area contributed by atoms with Gasteiger partial charge in [-0.05, 0) is 24.6 Å². The van der Waals surface area contributed by atoms with Crippen LogP contribution in [0.2, 0.25) is 0 Å². The van der Waals surface area contributed by atoms with Crippen molar-refractivity contribution < 1.29 is 9.90 Å². The molecule has 4 N–H and O–H groups in total. The summed E-state index contributed by atoms with van der Waals surface area (Å²) in [6.07, 6.45) is 0.591. The number of anilines is 2. The number of nitrogens with one attached hydrogen (secondary N) is 1. The molecule has 0 radical (unpaired) electrons. The van der Waals surface area contributed by atoms with Crippen LogP contribution in [-0.2, 0) is 11.2 Å². The van der Waals surface area contributed by atoms with Crippen molar-refractivity contribution in [2.45, 2.75) is 19.4 Å². The van der Waals surface area contributed by atoms with Crippen molar-refractivity contribution in [2.75, 3.05) is 30.7 Å². The van der Waals surface area contributed by atoms with Gasteiger partial charge in [0.05, 0.1) is 11.4 Å². The first-order chi connectivity index (χ1) is 12.1. The van der Waals surface area contributed by atoms with Crippen LogP contribution in [0.25, 0.3) is 0 Å². The normalized spacial score (nSPS) is 15.5. The lowest BCUT2D eigenvalue weighted by Crippen LogP contribution is -2.56. The minimum Gasteiger partial charge on any atom is -0.397 e. The molecule has 2 aromatic carbocycles. The molecule has 1 amide bonds. The van der Waals surface area contributed by atoms with Crippen molar-refractivity contribution in [1.29, 1.82) is 0 Å². The summed E-state index contributed by atoms with van der Waals surface area (Å²) >= 11 is 0. The molecule has 0 bridgehead atoms. The zero-order valence-electron chi connectivity index (χ0n) is 14.5. The Balaban J connectivity index is 1.76. The molecule has 1 heterocycles. The van der Waals surface area contributed by atoms with Gasteiger partial charge in [0, 0.05) is 32.0 Å². The van der Waals surface area contributed by atoms with Crippen LogP contribution in [-0.4, -0.2) is 41.7 Å². The molecule has 1 aliphatic heterocycles. The van der Waals surface area contributed by atoms with Crippen LogP contribution in [0.4, 0.5) is 11.4 Å². The van der Waals surface area contributed by atoms with Crippen molar-refractivity contribution in [1.82, 2.24) is 4.90 Å². The van der Waals surface area contributed by atoms with E-state index in [1.165, 1.54) is 5.56 Å². The number of nitrogens with zero attached hydrogens (tertiary/aromatic N) is 1. The van der Waals surface area contributed by atoms with Crippen molar-refractivity contribution in [3.63, 3.8) is 0 Å². The molecule has 5 heteroatoms. The highest BCUT2D eigenvalue weighted by molar-refractivity contribution is 5.87. The second-order valence-corrected chi connectivity index (χ2v) is 6.77. The molecule has 1 atom stereocenters. The van der Waals surface area contributed by atoms with Gasteiger partial charge in [0.1, 0.15) is 6.04 Å². The Bertz CT molecular complexity index is 724. The van der Waals surface area contributed by atoms with Gasteiger partial charge in [0.2, 0.25) is 5.91 Å². The van der Waals surface area contributed by atoms with Crippen LogP contribution in [0.15, 0.2) is 48.5 Å². The summed E-state index contributed by atoms with van der Waals surface area (Å²) < 4.78 is 0. The second kappa shape index (κ2) is 7.57. The van der Waals surface area contributed by atoms with Gasteiger partial charge in [-0.25, -0.2) is 0 Å². The number of hydrogen-bond donors (Lipinski definition) is 3. The van der Waals surface area contributed by atoms with Gasteiger partial charge in [0.15, 0.2) is 0 Å². The van der Waals surface area contributed by atoms with E-state index < -0.39 is 0 Å². The van der Waals surface area contributed by atoms with Gasteiger partial charge < -0.3 is 21.1 Å². The van der Waals surface area contributed by atoms with Crippen molar-refractivity contribution in [3.05, 3.63) is 59.7 Å². The fraction of sp³-hybridized carbons (Fsp3) is 0.350. The summed E-state index contributed by atoms with van der Waals surface area (Å²) in [5, 5.41) is 12.5. The Kier molecular flexibility index (Phi) is 5.24. The first-order valence-corrected chi connectivity index (χ1v) is 8.63.